The van der Waals surface area contributed by atoms with Crippen molar-refractivity contribution in [2.45, 2.75) is 33.2 Å². The lowest BCUT2D eigenvalue weighted by molar-refractivity contribution is 0.247. The Balaban J connectivity index is 2.79. The Morgan fingerprint density at radius 1 is 1.53 bits per heavy atom. The number of halogens is 1. The molecule has 0 atom stereocenters. The van der Waals surface area contributed by atoms with Gasteiger partial charge in [-0.2, -0.15) is 5.26 Å². The van der Waals surface area contributed by atoms with Crippen molar-refractivity contribution in [2.75, 3.05) is 5.33 Å². The van der Waals surface area contributed by atoms with E-state index in [1.165, 1.54) is 0 Å². The van der Waals surface area contributed by atoms with Crippen LogP contribution in [-0.2, 0) is 6.54 Å². The van der Waals surface area contributed by atoms with Crippen molar-refractivity contribution in [1.82, 2.24) is 14.8 Å². The third-order valence-corrected chi connectivity index (χ3v) is 4.11. The molecule has 0 spiro atoms. The summed E-state index contributed by atoms with van der Waals surface area (Å²) in [5.41, 5.74) is 0.209. The van der Waals surface area contributed by atoms with Crippen LogP contribution in [0, 0.1) is 16.7 Å². The van der Waals surface area contributed by atoms with Gasteiger partial charge in [0.1, 0.15) is 12.4 Å². The molecule has 0 radical (unpaired) electrons. The second kappa shape index (κ2) is 5.26. The van der Waals surface area contributed by atoms with Gasteiger partial charge in [0, 0.05) is 11.9 Å². The van der Waals surface area contributed by atoms with Gasteiger partial charge < -0.3 is 0 Å². The van der Waals surface area contributed by atoms with E-state index in [1.807, 2.05) is 6.07 Å². The summed E-state index contributed by atoms with van der Waals surface area (Å²) in [6.07, 6.45) is 3.79. The van der Waals surface area contributed by atoms with E-state index in [0.717, 1.165) is 24.7 Å². The summed E-state index contributed by atoms with van der Waals surface area (Å²) in [4.78, 5) is 3.90. The molecule has 0 amide bonds. The molecule has 1 aromatic heterocycles. The summed E-state index contributed by atoms with van der Waals surface area (Å²) in [5, 5.41) is 13.6. The molecule has 0 unspecified atom stereocenters. The van der Waals surface area contributed by atoms with E-state index in [1.54, 1.807) is 11.0 Å². The Labute approximate surface area is 98.4 Å². The molecular weight excluding hydrogens is 256 g/mol. The minimum atomic E-state index is 0.209. The number of hydrogen-bond acceptors (Lipinski definition) is 3. The quantitative estimate of drug-likeness (QED) is 0.772. The largest absolute Gasteiger partial charge is 0.252 e. The van der Waals surface area contributed by atoms with Crippen molar-refractivity contribution >= 4 is 15.9 Å². The van der Waals surface area contributed by atoms with Crippen LogP contribution < -0.4 is 0 Å². The summed E-state index contributed by atoms with van der Waals surface area (Å²) in [6, 6.07) is 1.93. The molecule has 0 aliphatic heterocycles. The SMILES string of the molecule is CCC(CC)(CBr)Cn1cnc(C#N)n1. The van der Waals surface area contributed by atoms with Crippen LogP contribution in [0.25, 0.3) is 0 Å². The number of rotatable bonds is 5. The van der Waals surface area contributed by atoms with Gasteiger partial charge in [0.15, 0.2) is 0 Å². The van der Waals surface area contributed by atoms with Crippen molar-refractivity contribution in [3.63, 3.8) is 0 Å². The highest BCUT2D eigenvalue weighted by atomic mass is 79.9. The third-order valence-electron chi connectivity index (χ3n) is 2.92. The molecule has 0 saturated carbocycles. The molecule has 0 aliphatic carbocycles. The fourth-order valence-electron chi connectivity index (χ4n) is 1.47. The van der Waals surface area contributed by atoms with Gasteiger partial charge in [0.25, 0.3) is 5.82 Å². The zero-order chi connectivity index (χ0) is 11.3. The number of nitrogens with zero attached hydrogens (tertiary/aromatic N) is 4. The van der Waals surface area contributed by atoms with Crippen LogP contribution in [0.1, 0.15) is 32.5 Å². The van der Waals surface area contributed by atoms with E-state index in [9.17, 15) is 0 Å². The number of aromatic nitrogens is 3. The van der Waals surface area contributed by atoms with Gasteiger partial charge in [-0.15, -0.1) is 5.10 Å². The molecule has 1 heterocycles. The molecule has 15 heavy (non-hydrogen) atoms. The molecule has 0 N–H and O–H groups in total. The van der Waals surface area contributed by atoms with Crippen molar-refractivity contribution in [1.29, 1.82) is 5.26 Å². The fourth-order valence-corrected chi connectivity index (χ4v) is 2.44. The van der Waals surface area contributed by atoms with Crippen molar-refractivity contribution in [2.24, 2.45) is 5.41 Å². The maximum absolute atomic E-state index is 8.62. The van der Waals surface area contributed by atoms with Crippen LogP contribution in [0.4, 0.5) is 0 Å². The predicted molar refractivity (Wildman–Crippen MR) is 61.5 cm³/mol. The zero-order valence-corrected chi connectivity index (χ0v) is 10.7. The third kappa shape index (κ3) is 2.78. The Morgan fingerprint density at radius 3 is 2.60 bits per heavy atom. The molecule has 4 nitrogen and oxygen atoms in total. The number of nitriles is 1. The van der Waals surface area contributed by atoms with E-state index in [2.05, 4.69) is 39.9 Å². The molecule has 0 aliphatic rings. The van der Waals surface area contributed by atoms with E-state index >= 15 is 0 Å². The topological polar surface area (TPSA) is 54.5 Å². The van der Waals surface area contributed by atoms with Crippen LogP contribution in [0.2, 0.25) is 0 Å². The Kier molecular flexibility index (Phi) is 4.28. The van der Waals surface area contributed by atoms with Crippen LogP contribution in [0.3, 0.4) is 0 Å². The average Bonchev–Trinajstić information content (AvgIpc) is 2.73. The Bertz CT molecular complexity index is 340. The predicted octanol–water partition coefficient (Wildman–Crippen LogP) is 2.35. The Morgan fingerprint density at radius 2 is 2.20 bits per heavy atom. The highest BCUT2D eigenvalue weighted by Crippen LogP contribution is 2.30. The highest BCUT2D eigenvalue weighted by Gasteiger charge is 2.25. The van der Waals surface area contributed by atoms with Gasteiger partial charge in [-0.1, -0.05) is 29.8 Å². The first-order valence-electron chi connectivity index (χ1n) is 5.05. The van der Waals surface area contributed by atoms with E-state index < -0.39 is 0 Å². The van der Waals surface area contributed by atoms with Crippen molar-refractivity contribution in [3.8, 4) is 6.07 Å². The molecule has 82 valence electrons. The van der Waals surface area contributed by atoms with Gasteiger partial charge in [-0.05, 0) is 18.3 Å². The second-order valence-electron chi connectivity index (χ2n) is 3.72. The Hall–Kier alpha value is -0.890. The normalized spacial score (nSPS) is 11.3. The van der Waals surface area contributed by atoms with Gasteiger partial charge >= 0.3 is 0 Å². The van der Waals surface area contributed by atoms with Crippen LogP contribution in [0.15, 0.2) is 6.33 Å². The second-order valence-corrected chi connectivity index (χ2v) is 4.28. The van der Waals surface area contributed by atoms with E-state index in [0.29, 0.717) is 0 Å². The first kappa shape index (κ1) is 12.2. The lowest BCUT2D eigenvalue weighted by atomic mass is 9.85. The fraction of sp³-hybridized carbons (Fsp3) is 0.700. The molecule has 5 heteroatoms. The summed E-state index contributed by atoms with van der Waals surface area (Å²) in [6.45, 7) is 5.15. The molecule has 0 aromatic carbocycles. The zero-order valence-electron chi connectivity index (χ0n) is 9.07. The van der Waals surface area contributed by atoms with Gasteiger partial charge in [0.05, 0.1) is 0 Å². The molecule has 1 rings (SSSR count). The average molecular weight is 271 g/mol. The summed E-state index contributed by atoms with van der Waals surface area (Å²) >= 11 is 3.55. The van der Waals surface area contributed by atoms with E-state index in [-0.39, 0.29) is 11.2 Å². The van der Waals surface area contributed by atoms with Gasteiger partial charge in [0.2, 0.25) is 0 Å². The molecule has 0 bridgehead atoms. The van der Waals surface area contributed by atoms with Gasteiger partial charge in [-0.25, -0.2) is 4.98 Å². The standard InChI is InChI=1S/C10H15BrN4/c1-3-10(4-2,6-11)7-15-8-13-9(5-12)14-15/h8H,3-4,6-7H2,1-2H3. The number of alkyl halides is 1. The van der Waals surface area contributed by atoms with Crippen molar-refractivity contribution < 1.29 is 0 Å². The number of hydrogen-bond donors (Lipinski definition) is 0. The first-order chi connectivity index (χ1) is 7.19. The lowest BCUT2D eigenvalue weighted by Gasteiger charge is -2.28. The molecular formula is C10H15BrN4. The lowest BCUT2D eigenvalue weighted by Crippen LogP contribution is -2.27. The van der Waals surface area contributed by atoms with Crippen LogP contribution in [-0.4, -0.2) is 20.1 Å². The maximum Gasteiger partial charge on any atom is 0.252 e. The highest BCUT2D eigenvalue weighted by molar-refractivity contribution is 9.09. The van der Waals surface area contributed by atoms with Crippen molar-refractivity contribution in [3.05, 3.63) is 12.2 Å². The van der Waals surface area contributed by atoms with E-state index in [4.69, 9.17) is 5.26 Å². The summed E-state index contributed by atoms with van der Waals surface area (Å²) < 4.78 is 1.76. The smallest absolute Gasteiger partial charge is 0.251 e. The molecule has 0 fully saturated rings. The monoisotopic (exact) mass is 270 g/mol. The van der Waals surface area contributed by atoms with Crippen LogP contribution in [0.5, 0.6) is 0 Å². The molecule has 0 saturated heterocycles. The maximum atomic E-state index is 8.62. The summed E-state index contributed by atoms with van der Waals surface area (Å²) in [5.74, 6) is 0.241. The molecule has 1 aromatic rings. The van der Waals surface area contributed by atoms with Gasteiger partial charge in [-0.3, -0.25) is 4.68 Å². The minimum absolute atomic E-state index is 0.209. The first-order valence-corrected chi connectivity index (χ1v) is 6.17. The minimum Gasteiger partial charge on any atom is -0.251 e. The summed E-state index contributed by atoms with van der Waals surface area (Å²) in [7, 11) is 0. The van der Waals surface area contributed by atoms with Crippen LogP contribution >= 0.6 is 15.9 Å².